The Hall–Kier alpha value is -2.10. The molecule has 2 amide bonds. The Morgan fingerprint density at radius 3 is 2.50 bits per heavy atom. The first-order valence-electron chi connectivity index (χ1n) is 6.60. The SMILES string of the molecule is CC(=O)N1CCC2C(OS(C)(=O)=O)=C(C(=O)O)N3C(=O)C1[C@@H]23. The van der Waals surface area contributed by atoms with Crippen LogP contribution in [0.3, 0.4) is 0 Å². The van der Waals surface area contributed by atoms with Crippen LogP contribution in [-0.2, 0) is 28.7 Å². The minimum atomic E-state index is -3.92. The number of piperidine rings is 1. The second-order valence-corrected chi connectivity index (χ2v) is 7.13. The molecule has 0 bridgehead atoms. The minimum Gasteiger partial charge on any atom is -0.476 e. The molecule has 2 unspecified atom stereocenters. The highest BCUT2D eigenvalue weighted by Crippen LogP contribution is 2.49. The van der Waals surface area contributed by atoms with Gasteiger partial charge in [0.25, 0.3) is 5.91 Å². The van der Waals surface area contributed by atoms with Crippen molar-refractivity contribution in [2.45, 2.75) is 25.4 Å². The molecule has 3 aliphatic rings. The van der Waals surface area contributed by atoms with Gasteiger partial charge in [-0.15, -0.1) is 0 Å². The van der Waals surface area contributed by atoms with Crippen molar-refractivity contribution in [3.8, 4) is 0 Å². The number of aliphatic carboxylic acids is 1. The molecule has 9 nitrogen and oxygen atoms in total. The molecule has 120 valence electrons. The number of likely N-dealkylation sites (tertiary alicyclic amines) is 1. The van der Waals surface area contributed by atoms with E-state index in [1.165, 1.54) is 11.8 Å². The van der Waals surface area contributed by atoms with Crippen LogP contribution in [-0.4, -0.2) is 66.0 Å². The van der Waals surface area contributed by atoms with Gasteiger partial charge in [-0.2, -0.15) is 8.42 Å². The summed E-state index contributed by atoms with van der Waals surface area (Å²) < 4.78 is 27.6. The molecule has 0 aromatic heterocycles. The van der Waals surface area contributed by atoms with Gasteiger partial charge in [0.2, 0.25) is 5.91 Å². The number of β-lactam (4-membered cyclic amide) rings is 1. The molecule has 3 atom stereocenters. The largest absolute Gasteiger partial charge is 0.476 e. The lowest BCUT2D eigenvalue weighted by atomic mass is 9.80. The summed E-state index contributed by atoms with van der Waals surface area (Å²) in [5.74, 6) is -2.95. The van der Waals surface area contributed by atoms with Crippen molar-refractivity contribution in [2.75, 3.05) is 12.8 Å². The summed E-state index contributed by atoms with van der Waals surface area (Å²) >= 11 is 0. The summed E-state index contributed by atoms with van der Waals surface area (Å²) in [6.07, 6.45) is 1.16. The van der Waals surface area contributed by atoms with Gasteiger partial charge in [0.05, 0.1) is 12.3 Å². The quantitative estimate of drug-likeness (QED) is 0.505. The zero-order valence-corrected chi connectivity index (χ0v) is 12.7. The van der Waals surface area contributed by atoms with E-state index in [-0.39, 0.29) is 18.2 Å². The van der Waals surface area contributed by atoms with E-state index in [0.717, 1.165) is 11.2 Å². The fraction of sp³-hybridized carbons (Fsp3) is 0.583. The molecule has 3 rings (SSSR count). The Morgan fingerprint density at radius 1 is 1.36 bits per heavy atom. The maximum atomic E-state index is 12.2. The third-order valence-electron chi connectivity index (χ3n) is 4.20. The monoisotopic (exact) mass is 330 g/mol. The van der Waals surface area contributed by atoms with Gasteiger partial charge in [0, 0.05) is 19.4 Å². The van der Waals surface area contributed by atoms with Crippen LogP contribution in [0.5, 0.6) is 0 Å². The molecule has 22 heavy (non-hydrogen) atoms. The van der Waals surface area contributed by atoms with E-state index in [1.807, 2.05) is 0 Å². The van der Waals surface area contributed by atoms with Crippen LogP contribution >= 0.6 is 0 Å². The highest BCUT2D eigenvalue weighted by atomic mass is 32.2. The number of carbonyl (C=O) groups excluding carboxylic acids is 2. The predicted octanol–water partition coefficient (Wildman–Crippen LogP) is -1.28. The van der Waals surface area contributed by atoms with Crippen molar-refractivity contribution in [1.29, 1.82) is 0 Å². The van der Waals surface area contributed by atoms with Crippen molar-refractivity contribution in [3.63, 3.8) is 0 Å². The van der Waals surface area contributed by atoms with Crippen LogP contribution in [0, 0.1) is 5.92 Å². The summed E-state index contributed by atoms with van der Waals surface area (Å²) in [7, 11) is -3.92. The number of carboxylic acid groups (broad SMARTS) is 1. The average molecular weight is 330 g/mol. The van der Waals surface area contributed by atoms with Gasteiger partial charge in [-0.25, -0.2) is 4.79 Å². The first-order chi connectivity index (χ1) is 10.1. The molecule has 3 aliphatic heterocycles. The summed E-state index contributed by atoms with van der Waals surface area (Å²) in [6.45, 7) is 1.59. The zero-order valence-electron chi connectivity index (χ0n) is 11.8. The summed E-state index contributed by atoms with van der Waals surface area (Å²) in [6, 6.07) is -1.31. The Kier molecular flexibility index (Phi) is 3.00. The number of carboxylic acids is 1. The van der Waals surface area contributed by atoms with Gasteiger partial charge in [-0.05, 0) is 6.42 Å². The molecule has 0 aromatic rings. The number of amides is 2. The van der Waals surface area contributed by atoms with Crippen molar-refractivity contribution in [2.24, 2.45) is 5.92 Å². The molecule has 3 heterocycles. The number of nitrogens with zero attached hydrogens (tertiary/aromatic N) is 2. The highest BCUT2D eigenvalue weighted by Gasteiger charge is 2.65. The molecule has 10 heteroatoms. The minimum absolute atomic E-state index is 0.209. The lowest BCUT2D eigenvalue weighted by Crippen LogP contribution is -2.73. The van der Waals surface area contributed by atoms with E-state index in [0.29, 0.717) is 6.42 Å². The smallest absolute Gasteiger partial charge is 0.356 e. The fourth-order valence-electron chi connectivity index (χ4n) is 3.47. The Bertz CT molecular complexity index is 726. The number of hydrogen-bond acceptors (Lipinski definition) is 6. The second-order valence-electron chi connectivity index (χ2n) is 5.56. The topological polar surface area (TPSA) is 121 Å². The molecule has 0 aromatic carbocycles. The van der Waals surface area contributed by atoms with Gasteiger partial charge in [-0.1, -0.05) is 0 Å². The standard InChI is InChI=1S/C12H14N2O7S/c1-5(15)13-4-3-6-7-8(13)11(16)14(7)9(12(17)18)10(6)21-22(2,19)20/h6-8H,3-4H2,1-2H3,(H,17,18)/t6?,7-,8?/m1/s1. The number of carbonyl (C=O) groups is 3. The van der Waals surface area contributed by atoms with Gasteiger partial charge in [0.1, 0.15) is 6.04 Å². The molecule has 2 fully saturated rings. The number of rotatable bonds is 3. The maximum Gasteiger partial charge on any atom is 0.356 e. The van der Waals surface area contributed by atoms with Crippen LogP contribution in [0.4, 0.5) is 0 Å². The van der Waals surface area contributed by atoms with Crippen LogP contribution in [0.2, 0.25) is 0 Å². The van der Waals surface area contributed by atoms with E-state index in [9.17, 15) is 27.9 Å². The van der Waals surface area contributed by atoms with E-state index in [1.54, 1.807) is 0 Å². The Balaban J connectivity index is 2.04. The van der Waals surface area contributed by atoms with Crippen molar-refractivity contribution < 1.29 is 32.1 Å². The number of hydrogen-bond donors (Lipinski definition) is 1. The highest BCUT2D eigenvalue weighted by molar-refractivity contribution is 7.86. The van der Waals surface area contributed by atoms with E-state index < -0.39 is 45.7 Å². The fourth-order valence-corrected chi connectivity index (χ4v) is 3.99. The molecule has 2 saturated heterocycles. The van der Waals surface area contributed by atoms with E-state index in [2.05, 4.69) is 0 Å². The third-order valence-corrected chi connectivity index (χ3v) is 4.68. The maximum absolute atomic E-state index is 12.2. The summed E-state index contributed by atoms with van der Waals surface area (Å²) in [5, 5.41) is 9.31. The molecule has 1 N–H and O–H groups in total. The lowest BCUT2D eigenvalue weighted by molar-refractivity contribution is -0.168. The molecule has 0 spiro atoms. The summed E-state index contributed by atoms with van der Waals surface area (Å²) in [4.78, 5) is 37.7. The van der Waals surface area contributed by atoms with Gasteiger partial charge in [-0.3, -0.25) is 14.5 Å². The normalized spacial score (nSPS) is 30.1. The van der Waals surface area contributed by atoms with Crippen molar-refractivity contribution in [1.82, 2.24) is 9.80 Å². The molecule has 0 saturated carbocycles. The molecule has 0 radical (unpaired) electrons. The predicted molar refractivity (Wildman–Crippen MR) is 70.5 cm³/mol. The molecular weight excluding hydrogens is 316 g/mol. The molecular formula is C12H14N2O7S. The lowest BCUT2D eigenvalue weighted by Gasteiger charge is -2.52. The van der Waals surface area contributed by atoms with E-state index >= 15 is 0 Å². The average Bonchev–Trinajstić information content (AvgIpc) is 2.68. The van der Waals surface area contributed by atoms with Crippen LogP contribution < -0.4 is 0 Å². The van der Waals surface area contributed by atoms with Crippen LogP contribution in [0.15, 0.2) is 11.5 Å². The first-order valence-corrected chi connectivity index (χ1v) is 8.42. The van der Waals surface area contributed by atoms with E-state index in [4.69, 9.17) is 4.18 Å². The Labute approximate surface area is 126 Å². The zero-order chi connectivity index (χ0) is 16.4. The van der Waals surface area contributed by atoms with Gasteiger partial charge >= 0.3 is 16.1 Å². The van der Waals surface area contributed by atoms with Crippen LogP contribution in [0.25, 0.3) is 0 Å². The Morgan fingerprint density at radius 2 is 2.00 bits per heavy atom. The second kappa shape index (κ2) is 4.45. The van der Waals surface area contributed by atoms with Gasteiger partial charge in [0.15, 0.2) is 11.5 Å². The summed E-state index contributed by atoms with van der Waals surface area (Å²) in [5.41, 5.74) is -0.438. The van der Waals surface area contributed by atoms with Crippen LogP contribution in [0.1, 0.15) is 13.3 Å². The molecule has 0 aliphatic carbocycles. The first kappa shape index (κ1) is 14.8. The van der Waals surface area contributed by atoms with Crippen molar-refractivity contribution >= 4 is 27.9 Å². The van der Waals surface area contributed by atoms with Crippen molar-refractivity contribution in [3.05, 3.63) is 11.5 Å². The third kappa shape index (κ3) is 1.90. The van der Waals surface area contributed by atoms with Gasteiger partial charge < -0.3 is 14.2 Å².